The molecule has 1 N–H and O–H groups in total. The first-order valence-corrected chi connectivity index (χ1v) is 11.2. The molecule has 2 fully saturated rings. The van der Waals surface area contributed by atoms with Crippen LogP contribution < -0.4 is 14.8 Å². The Morgan fingerprint density at radius 3 is 2.75 bits per heavy atom. The van der Waals surface area contributed by atoms with Crippen LogP contribution in [0.15, 0.2) is 12.1 Å². The molecule has 7 nitrogen and oxygen atoms in total. The molecule has 2 atom stereocenters. The summed E-state index contributed by atoms with van der Waals surface area (Å²) in [6.45, 7) is 4.52. The van der Waals surface area contributed by atoms with Gasteiger partial charge < -0.3 is 24.4 Å². The Balaban J connectivity index is 1.36. The Morgan fingerprint density at radius 2 is 2.06 bits per heavy atom. The molecule has 2 unspecified atom stereocenters. The van der Waals surface area contributed by atoms with Gasteiger partial charge in [0.05, 0.1) is 0 Å². The monoisotopic (exact) mass is 450 g/mol. The van der Waals surface area contributed by atoms with Crippen LogP contribution in [0.4, 0.5) is 8.78 Å². The molecule has 2 aliphatic heterocycles. The normalized spacial score (nSPS) is 26.6. The summed E-state index contributed by atoms with van der Waals surface area (Å²) in [5.74, 6) is -2.28. The Labute approximate surface area is 185 Å². The van der Waals surface area contributed by atoms with Gasteiger partial charge in [-0.1, -0.05) is 13.8 Å². The lowest BCUT2D eigenvalue weighted by atomic mass is 9.62. The minimum Gasteiger partial charge on any atom is -0.454 e. The Bertz CT molecular complexity index is 947. The number of halogens is 2. The van der Waals surface area contributed by atoms with Crippen molar-refractivity contribution >= 4 is 11.8 Å². The molecule has 0 aromatic heterocycles. The molecule has 4 aliphatic rings. The molecule has 32 heavy (non-hydrogen) atoms. The summed E-state index contributed by atoms with van der Waals surface area (Å²) in [6.07, 6.45) is 2.59. The molecule has 174 valence electrons. The first-order chi connectivity index (χ1) is 15.2. The highest BCUT2D eigenvalue weighted by atomic mass is 19.3. The maximum atomic E-state index is 14.3. The van der Waals surface area contributed by atoms with Gasteiger partial charge >= 0.3 is 0 Å². The number of amides is 2. The van der Waals surface area contributed by atoms with Crippen LogP contribution in [-0.2, 0) is 9.53 Å². The van der Waals surface area contributed by atoms with Crippen molar-refractivity contribution in [3.8, 4) is 11.5 Å². The number of rotatable bonds is 8. The Hall–Kier alpha value is -2.42. The molecular formula is C23H28F2N2O5. The standard InChI is InChI=1S/C23H28F2N2O5/c1-22(2)16(10-23(22,24)25)27-18(20(28)26-8-3-9-30-11-13-4-5-13)17-14(21(27)29)6-7-15-19(17)32-12-31-15/h6-7,13,16,18H,3-5,8-12H2,1-2H3,(H,26,28). The molecule has 2 amide bonds. The quantitative estimate of drug-likeness (QED) is 0.615. The topological polar surface area (TPSA) is 77.1 Å². The molecule has 2 saturated carbocycles. The number of hydrogen-bond donors (Lipinski definition) is 1. The van der Waals surface area contributed by atoms with Gasteiger partial charge in [-0.05, 0) is 37.3 Å². The van der Waals surface area contributed by atoms with E-state index in [1.165, 1.54) is 31.6 Å². The third kappa shape index (κ3) is 3.32. The highest BCUT2D eigenvalue weighted by molar-refractivity contribution is 6.06. The smallest absolute Gasteiger partial charge is 0.257 e. The summed E-state index contributed by atoms with van der Waals surface area (Å²) < 4.78 is 45.2. The fourth-order valence-corrected chi connectivity index (χ4v) is 4.76. The van der Waals surface area contributed by atoms with Crippen LogP contribution in [0.3, 0.4) is 0 Å². The van der Waals surface area contributed by atoms with E-state index in [2.05, 4.69) is 5.32 Å². The number of fused-ring (bicyclic) bond motifs is 3. The maximum Gasteiger partial charge on any atom is 0.257 e. The van der Waals surface area contributed by atoms with Crippen molar-refractivity contribution < 1.29 is 32.6 Å². The van der Waals surface area contributed by atoms with Crippen LogP contribution in [0.1, 0.15) is 61.5 Å². The number of alkyl halides is 2. The highest BCUT2D eigenvalue weighted by Crippen LogP contribution is 2.59. The summed E-state index contributed by atoms with van der Waals surface area (Å²) in [5.41, 5.74) is -0.743. The Kier molecular flexibility index (Phi) is 5.07. The maximum absolute atomic E-state index is 14.3. The fourth-order valence-electron chi connectivity index (χ4n) is 4.76. The zero-order chi connectivity index (χ0) is 22.7. The van der Waals surface area contributed by atoms with Crippen LogP contribution in [0, 0.1) is 11.3 Å². The van der Waals surface area contributed by atoms with Crippen molar-refractivity contribution in [2.24, 2.45) is 11.3 Å². The number of hydrogen-bond acceptors (Lipinski definition) is 5. The second-order valence-corrected chi connectivity index (χ2v) is 9.68. The third-order valence-corrected chi connectivity index (χ3v) is 7.22. The molecule has 2 aliphatic carbocycles. The minimum atomic E-state index is -2.91. The van der Waals surface area contributed by atoms with E-state index in [4.69, 9.17) is 14.2 Å². The largest absolute Gasteiger partial charge is 0.454 e. The van der Waals surface area contributed by atoms with Crippen molar-refractivity contribution in [3.05, 3.63) is 23.3 Å². The fraction of sp³-hybridized carbons (Fsp3) is 0.652. The van der Waals surface area contributed by atoms with Gasteiger partial charge in [0, 0.05) is 48.8 Å². The SMILES string of the molecule is CC1(C)C(N2C(=O)c3ccc4c(c3C2C(=O)NCCCOCC2CC2)OCO4)CC1(F)F. The molecule has 0 saturated heterocycles. The van der Waals surface area contributed by atoms with E-state index < -0.39 is 41.7 Å². The third-order valence-electron chi connectivity index (χ3n) is 7.22. The van der Waals surface area contributed by atoms with Crippen molar-refractivity contribution in [3.63, 3.8) is 0 Å². The molecule has 1 aromatic carbocycles. The molecule has 2 heterocycles. The van der Waals surface area contributed by atoms with Gasteiger partial charge in [0.25, 0.3) is 11.8 Å². The van der Waals surface area contributed by atoms with E-state index in [9.17, 15) is 18.4 Å². The molecule has 0 spiro atoms. The van der Waals surface area contributed by atoms with Crippen LogP contribution in [-0.4, -0.2) is 55.2 Å². The molecule has 0 bridgehead atoms. The number of nitrogens with zero attached hydrogens (tertiary/aromatic N) is 1. The Morgan fingerprint density at radius 1 is 1.28 bits per heavy atom. The summed E-state index contributed by atoms with van der Waals surface area (Å²) in [5, 5.41) is 2.87. The van der Waals surface area contributed by atoms with Gasteiger partial charge in [-0.3, -0.25) is 9.59 Å². The lowest BCUT2D eigenvalue weighted by molar-refractivity contribution is -0.229. The van der Waals surface area contributed by atoms with E-state index in [1.54, 1.807) is 12.1 Å². The van der Waals surface area contributed by atoms with E-state index in [0.717, 1.165) is 6.61 Å². The first-order valence-electron chi connectivity index (χ1n) is 11.2. The average molecular weight is 450 g/mol. The van der Waals surface area contributed by atoms with Crippen LogP contribution >= 0.6 is 0 Å². The summed E-state index contributed by atoms with van der Waals surface area (Å²) in [4.78, 5) is 27.9. The van der Waals surface area contributed by atoms with E-state index in [1.807, 2.05) is 0 Å². The van der Waals surface area contributed by atoms with Crippen molar-refractivity contribution in [1.29, 1.82) is 0 Å². The van der Waals surface area contributed by atoms with Gasteiger partial charge in [-0.25, -0.2) is 8.78 Å². The number of ether oxygens (including phenoxy) is 3. The van der Waals surface area contributed by atoms with Gasteiger partial charge in [-0.2, -0.15) is 0 Å². The van der Waals surface area contributed by atoms with Gasteiger partial charge in [0.2, 0.25) is 12.7 Å². The lowest BCUT2D eigenvalue weighted by Gasteiger charge is -2.55. The number of benzene rings is 1. The molecule has 5 rings (SSSR count). The summed E-state index contributed by atoms with van der Waals surface area (Å²) in [7, 11) is 0. The minimum absolute atomic E-state index is 0.0142. The second-order valence-electron chi connectivity index (χ2n) is 9.68. The first kappa shape index (κ1) is 21.4. The van der Waals surface area contributed by atoms with E-state index >= 15 is 0 Å². The van der Waals surface area contributed by atoms with Crippen LogP contribution in [0.25, 0.3) is 0 Å². The van der Waals surface area contributed by atoms with Crippen LogP contribution in [0.2, 0.25) is 0 Å². The van der Waals surface area contributed by atoms with Crippen molar-refractivity contribution in [1.82, 2.24) is 10.2 Å². The van der Waals surface area contributed by atoms with Gasteiger partial charge in [0.1, 0.15) is 6.04 Å². The molecule has 0 radical (unpaired) electrons. The average Bonchev–Trinajstić information content (AvgIpc) is 3.36. The van der Waals surface area contributed by atoms with Gasteiger partial charge in [-0.15, -0.1) is 0 Å². The van der Waals surface area contributed by atoms with Gasteiger partial charge in [0.15, 0.2) is 11.5 Å². The molecule has 1 aromatic rings. The zero-order valence-corrected chi connectivity index (χ0v) is 18.3. The number of nitrogens with one attached hydrogen (secondary N) is 1. The van der Waals surface area contributed by atoms with Crippen molar-refractivity contribution in [2.45, 2.75) is 57.5 Å². The lowest BCUT2D eigenvalue weighted by Crippen LogP contribution is -2.66. The number of carbonyl (C=O) groups is 2. The molecule has 9 heteroatoms. The highest BCUT2D eigenvalue weighted by Gasteiger charge is 2.67. The second kappa shape index (κ2) is 7.57. The summed E-state index contributed by atoms with van der Waals surface area (Å²) >= 11 is 0. The van der Waals surface area contributed by atoms with E-state index in [0.29, 0.717) is 48.1 Å². The predicted octanol–water partition coefficient (Wildman–Crippen LogP) is 3.28. The van der Waals surface area contributed by atoms with Crippen LogP contribution in [0.5, 0.6) is 11.5 Å². The summed E-state index contributed by atoms with van der Waals surface area (Å²) in [6, 6.07) is 1.39. The number of carbonyl (C=O) groups excluding carboxylic acids is 2. The van der Waals surface area contributed by atoms with E-state index in [-0.39, 0.29) is 6.79 Å². The predicted molar refractivity (Wildman–Crippen MR) is 110 cm³/mol. The van der Waals surface area contributed by atoms with Crippen molar-refractivity contribution in [2.75, 3.05) is 26.6 Å². The molecular weight excluding hydrogens is 422 g/mol. The zero-order valence-electron chi connectivity index (χ0n) is 18.3.